The molecular formula is C17H28N2O3. The first-order valence-electron chi connectivity index (χ1n) is 7.85. The van der Waals surface area contributed by atoms with Gasteiger partial charge in [-0.15, -0.1) is 0 Å². The van der Waals surface area contributed by atoms with E-state index in [1.165, 1.54) is 0 Å². The molecule has 0 aromatic heterocycles. The van der Waals surface area contributed by atoms with Gasteiger partial charge in [-0.3, -0.25) is 0 Å². The maximum absolute atomic E-state index is 11.6. The van der Waals surface area contributed by atoms with Gasteiger partial charge in [0.15, 0.2) is 0 Å². The number of amides is 2. The molecule has 1 aromatic carbocycles. The number of hydrogen-bond acceptors (Lipinski definition) is 3. The highest BCUT2D eigenvalue weighted by Crippen LogP contribution is 2.19. The second-order valence-electron chi connectivity index (χ2n) is 6.07. The van der Waals surface area contributed by atoms with Crippen molar-refractivity contribution < 1.29 is 14.6 Å². The number of aliphatic hydroxyl groups is 1. The fourth-order valence-electron chi connectivity index (χ4n) is 1.91. The predicted molar refractivity (Wildman–Crippen MR) is 88.0 cm³/mol. The number of nitrogens with one attached hydrogen (secondary N) is 2. The summed E-state index contributed by atoms with van der Waals surface area (Å²) in [6.45, 7) is 8.92. The van der Waals surface area contributed by atoms with Crippen molar-refractivity contribution in [2.24, 2.45) is 5.92 Å². The van der Waals surface area contributed by atoms with E-state index in [1.54, 1.807) is 6.07 Å². The highest BCUT2D eigenvalue weighted by molar-refractivity contribution is 5.73. The monoisotopic (exact) mass is 308 g/mol. The molecule has 1 aromatic rings. The van der Waals surface area contributed by atoms with Crippen LogP contribution in [0, 0.1) is 5.92 Å². The van der Waals surface area contributed by atoms with Crippen molar-refractivity contribution in [1.29, 1.82) is 0 Å². The Hall–Kier alpha value is -1.75. The number of urea groups is 1. The quantitative estimate of drug-likeness (QED) is 0.691. The minimum atomic E-state index is -0.758. The van der Waals surface area contributed by atoms with Gasteiger partial charge in [0.05, 0.1) is 12.2 Å². The van der Waals surface area contributed by atoms with Crippen molar-refractivity contribution in [3.8, 4) is 5.75 Å². The summed E-state index contributed by atoms with van der Waals surface area (Å²) in [6, 6.07) is 7.04. The summed E-state index contributed by atoms with van der Waals surface area (Å²) < 4.78 is 5.60. The van der Waals surface area contributed by atoms with Crippen molar-refractivity contribution in [2.45, 2.75) is 46.3 Å². The van der Waals surface area contributed by atoms with Crippen LogP contribution in [0.5, 0.6) is 5.75 Å². The first-order chi connectivity index (χ1) is 10.4. The normalized spacial score (nSPS) is 12.3. The lowest BCUT2D eigenvalue weighted by Gasteiger charge is -2.15. The van der Waals surface area contributed by atoms with E-state index in [9.17, 15) is 9.90 Å². The predicted octanol–water partition coefficient (Wildman–Crippen LogP) is 2.85. The maximum Gasteiger partial charge on any atom is 0.314 e. The molecule has 22 heavy (non-hydrogen) atoms. The lowest BCUT2D eigenvalue weighted by atomic mass is 10.1. The lowest BCUT2D eigenvalue weighted by molar-refractivity contribution is 0.172. The van der Waals surface area contributed by atoms with Gasteiger partial charge in [0, 0.05) is 13.1 Å². The number of aliphatic hydroxyl groups excluding tert-OH is 1. The summed E-state index contributed by atoms with van der Waals surface area (Å²) in [4.78, 5) is 11.6. The first-order valence-corrected chi connectivity index (χ1v) is 7.85. The number of hydrogen-bond donors (Lipinski definition) is 3. The molecule has 124 valence electrons. The highest BCUT2D eigenvalue weighted by Gasteiger charge is 2.10. The average Bonchev–Trinajstić information content (AvgIpc) is 2.44. The van der Waals surface area contributed by atoms with Crippen LogP contribution in [0.2, 0.25) is 0 Å². The van der Waals surface area contributed by atoms with Gasteiger partial charge in [-0.05, 0) is 43.9 Å². The third-order valence-electron chi connectivity index (χ3n) is 3.08. The summed E-state index contributed by atoms with van der Waals surface area (Å²) in [5.41, 5.74) is 0.723. The molecule has 1 rings (SSSR count). The van der Waals surface area contributed by atoms with Crippen LogP contribution >= 0.6 is 0 Å². The number of rotatable bonds is 8. The molecule has 0 radical (unpaired) electrons. The molecule has 0 spiro atoms. The van der Waals surface area contributed by atoms with E-state index in [4.69, 9.17) is 4.74 Å². The summed E-state index contributed by atoms with van der Waals surface area (Å²) >= 11 is 0. The molecule has 3 N–H and O–H groups in total. The Morgan fingerprint density at radius 1 is 1.23 bits per heavy atom. The number of ether oxygens (including phenoxy) is 1. The topological polar surface area (TPSA) is 70.6 Å². The van der Waals surface area contributed by atoms with Crippen LogP contribution < -0.4 is 15.4 Å². The van der Waals surface area contributed by atoms with Gasteiger partial charge in [-0.1, -0.05) is 26.0 Å². The number of carbonyl (C=O) groups is 1. The molecule has 1 atom stereocenters. The van der Waals surface area contributed by atoms with Crippen LogP contribution in [0.25, 0.3) is 0 Å². The molecule has 1 unspecified atom stereocenters. The van der Waals surface area contributed by atoms with Gasteiger partial charge in [0.25, 0.3) is 0 Å². The zero-order valence-electron chi connectivity index (χ0n) is 13.9. The van der Waals surface area contributed by atoms with Gasteiger partial charge in [-0.25, -0.2) is 4.79 Å². The molecule has 0 aliphatic rings. The molecule has 0 saturated carbocycles. The van der Waals surface area contributed by atoms with Crippen molar-refractivity contribution in [2.75, 3.05) is 13.1 Å². The van der Waals surface area contributed by atoms with Crippen LogP contribution in [0.3, 0.4) is 0 Å². The van der Waals surface area contributed by atoms with Gasteiger partial charge in [0.1, 0.15) is 5.75 Å². The Labute approximate surface area is 133 Å². The number of benzene rings is 1. The second-order valence-corrected chi connectivity index (χ2v) is 6.07. The minimum Gasteiger partial charge on any atom is -0.491 e. The Morgan fingerprint density at radius 3 is 2.59 bits per heavy atom. The van der Waals surface area contributed by atoms with Crippen molar-refractivity contribution in [3.63, 3.8) is 0 Å². The van der Waals surface area contributed by atoms with E-state index >= 15 is 0 Å². The number of carbonyl (C=O) groups excluding carboxylic acids is 1. The fourth-order valence-corrected chi connectivity index (χ4v) is 1.91. The van der Waals surface area contributed by atoms with E-state index in [2.05, 4.69) is 24.5 Å². The zero-order chi connectivity index (χ0) is 16.5. The Balaban J connectivity index is 2.41. The third kappa shape index (κ3) is 7.31. The molecular weight excluding hydrogens is 280 g/mol. The van der Waals surface area contributed by atoms with Crippen molar-refractivity contribution >= 4 is 6.03 Å². The lowest BCUT2D eigenvalue weighted by Crippen LogP contribution is -2.38. The van der Waals surface area contributed by atoms with Gasteiger partial charge in [0.2, 0.25) is 0 Å². The Morgan fingerprint density at radius 2 is 1.95 bits per heavy atom. The van der Waals surface area contributed by atoms with Crippen LogP contribution in [0.1, 0.15) is 45.8 Å². The molecule has 0 bridgehead atoms. The van der Waals surface area contributed by atoms with Crippen LogP contribution in [0.15, 0.2) is 24.3 Å². The zero-order valence-corrected chi connectivity index (χ0v) is 13.9. The third-order valence-corrected chi connectivity index (χ3v) is 3.08. The molecule has 5 heteroatoms. The molecule has 2 amide bonds. The smallest absolute Gasteiger partial charge is 0.314 e. The highest BCUT2D eigenvalue weighted by atomic mass is 16.5. The summed E-state index contributed by atoms with van der Waals surface area (Å²) in [5.74, 6) is 1.27. The van der Waals surface area contributed by atoms with Gasteiger partial charge >= 0.3 is 6.03 Å². The van der Waals surface area contributed by atoms with E-state index in [-0.39, 0.29) is 18.7 Å². The van der Waals surface area contributed by atoms with Crippen molar-refractivity contribution in [1.82, 2.24) is 10.6 Å². The second kappa shape index (κ2) is 9.30. The largest absolute Gasteiger partial charge is 0.491 e. The minimum absolute atomic E-state index is 0.0808. The van der Waals surface area contributed by atoms with Gasteiger partial charge < -0.3 is 20.5 Å². The van der Waals surface area contributed by atoms with Crippen LogP contribution in [-0.2, 0) is 0 Å². The molecule has 0 aliphatic carbocycles. The summed E-state index contributed by atoms with van der Waals surface area (Å²) in [7, 11) is 0. The standard InChI is InChI=1S/C17H28N2O3/c1-12(2)8-9-18-17(21)19-11-16(20)14-6-5-7-15(10-14)22-13(3)4/h5-7,10,12-13,16,20H,8-9,11H2,1-4H3,(H2,18,19,21). The maximum atomic E-state index is 11.6. The molecule has 0 aliphatic heterocycles. The van der Waals surface area contributed by atoms with Crippen LogP contribution in [0.4, 0.5) is 4.79 Å². The average molecular weight is 308 g/mol. The van der Waals surface area contributed by atoms with E-state index in [0.29, 0.717) is 18.2 Å². The molecule has 0 fully saturated rings. The van der Waals surface area contributed by atoms with E-state index < -0.39 is 6.10 Å². The van der Waals surface area contributed by atoms with Crippen molar-refractivity contribution in [3.05, 3.63) is 29.8 Å². The Bertz CT molecular complexity index is 461. The Kier molecular flexibility index (Phi) is 7.74. The van der Waals surface area contributed by atoms with E-state index in [0.717, 1.165) is 12.0 Å². The molecule has 0 saturated heterocycles. The molecule has 5 nitrogen and oxygen atoms in total. The first kappa shape index (κ1) is 18.3. The van der Waals surface area contributed by atoms with E-state index in [1.807, 2.05) is 32.0 Å². The summed E-state index contributed by atoms with van der Waals surface area (Å²) in [5, 5.41) is 15.6. The molecule has 0 heterocycles. The van der Waals surface area contributed by atoms with Crippen LogP contribution in [-0.4, -0.2) is 30.3 Å². The SMILES string of the molecule is CC(C)CCNC(=O)NCC(O)c1cccc(OC(C)C)c1. The summed E-state index contributed by atoms with van der Waals surface area (Å²) in [6.07, 6.45) is 0.258. The fraction of sp³-hybridized carbons (Fsp3) is 0.588. The van der Waals surface area contributed by atoms with Gasteiger partial charge in [-0.2, -0.15) is 0 Å².